The Labute approximate surface area is 206 Å². The van der Waals surface area contributed by atoms with Crippen LogP contribution in [0.1, 0.15) is 44.7 Å². The fourth-order valence-corrected chi connectivity index (χ4v) is 5.30. The number of rotatable bonds is 11. The largest absolute Gasteiger partial charge is 0.411 e. The van der Waals surface area contributed by atoms with E-state index in [-0.39, 0.29) is 36.1 Å². The van der Waals surface area contributed by atoms with Crippen LogP contribution in [0.15, 0.2) is 60.7 Å². The highest BCUT2D eigenvalue weighted by molar-refractivity contribution is 6.74. The van der Waals surface area contributed by atoms with Gasteiger partial charge in [0.1, 0.15) is 6.10 Å². The lowest BCUT2D eigenvalue weighted by Crippen LogP contribution is -2.55. The third-order valence-electron chi connectivity index (χ3n) is 7.04. The van der Waals surface area contributed by atoms with Crippen LogP contribution in [0.4, 0.5) is 0 Å². The molecule has 1 heterocycles. The highest BCUT2D eigenvalue weighted by atomic mass is 28.4. The lowest BCUT2D eigenvalue weighted by molar-refractivity contribution is -0.196. The Bertz CT molecular complexity index is 837. The number of hydrogen-bond donors (Lipinski definition) is 1. The van der Waals surface area contributed by atoms with Crippen LogP contribution in [0.25, 0.3) is 0 Å². The lowest BCUT2D eigenvalue weighted by atomic mass is 9.96. The highest BCUT2D eigenvalue weighted by Crippen LogP contribution is 2.40. The first-order chi connectivity index (χ1) is 16.2. The molecular formula is C28H42O5Si. The van der Waals surface area contributed by atoms with Crippen molar-refractivity contribution < 1.29 is 23.7 Å². The average Bonchev–Trinajstić information content (AvgIpc) is 2.81. The lowest BCUT2D eigenvalue weighted by Gasteiger charge is -2.46. The first-order valence-corrected chi connectivity index (χ1v) is 15.3. The third-order valence-corrected chi connectivity index (χ3v) is 11.5. The summed E-state index contributed by atoms with van der Waals surface area (Å²) in [5.41, 5.74) is 2.28. The molecule has 6 heteroatoms. The van der Waals surface area contributed by atoms with Crippen molar-refractivity contribution in [2.75, 3.05) is 13.2 Å². The van der Waals surface area contributed by atoms with Crippen LogP contribution in [-0.4, -0.2) is 51.1 Å². The second-order valence-corrected chi connectivity index (χ2v) is 15.5. The summed E-state index contributed by atoms with van der Waals surface area (Å²) in [5.74, 6) is 0. The quantitative estimate of drug-likeness (QED) is 0.325. The van der Waals surface area contributed by atoms with Crippen molar-refractivity contribution in [2.45, 2.75) is 89.4 Å². The summed E-state index contributed by atoms with van der Waals surface area (Å²) in [6, 6.07) is 20.4. The molecule has 1 fully saturated rings. The van der Waals surface area contributed by atoms with Crippen molar-refractivity contribution in [1.29, 1.82) is 0 Å². The normalized spacial score (nSPS) is 23.7. The molecule has 3 rings (SSSR count). The summed E-state index contributed by atoms with van der Waals surface area (Å²) in [6.45, 7) is 12.8. The molecule has 188 valence electrons. The van der Waals surface area contributed by atoms with E-state index < -0.39 is 8.32 Å². The van der Waals surface area contributed by atoms with Gasteiger partial charge in [-0.3, -0.25) is 0 Å². The van der Waals surface area contributed by atoms with Crippen LogP contribution in [0.3, 0.4) is 0 Å². The van der Waals surface area contributed by atoms with Crippen LogP contribution in [-0.2, 0) is 31.9 Å². The SMILES string of the molecule is CC(C)(C)[Si](C)(C)O[C@H]1C[C@@H](OCc2ccccc2)[C@H](CCOCc2ccccc2)O[C@@H]1CO. The van der Waals surface area contributed by atoms with Gasteiger partial charge in [-0.05, 0) is 35.7 Å². The standard InChI is InChI=1S/C28H42O5Si/c1-28(2,3)34(4,5)33-26-18-25(31-21-23-14-10-7-11-15-23)24(32-27(26)19-29)16-17-30-20-22-12-8-6-9-13-22/h6-15,24-27,29H,16-21H2,1-5H3/t24-,25+,26-,27+/m0/s1. The van der Waals surface area contributed by atoms with Crippen LogP contribution >= 0.6 is 0 Å². The van der Waals surface area contributed by atoms with Gasteiger partial charge in [0, 0.05) is 13.0 Å². The molecule has 0 spiro atoms. The fraction of sp³-hybridized carbons (Fsp3) is 0.571. The Morgan fingerprint density at radius 2 is 1.47 bits per heavy atom. The average molecular weight is 487 g/mol. The van der Waals surface area contributed by atoms with Gasteiger partial charge in [-0.2, -0.15) is 0 Å². The molecule has 0 aliphatic carbocycles. The van der Waals surface area contributed by atoms with Crippen molar-refractivity contribution in [3.8, 4) is 0 Å². The molecule has 34 heavy (non-hydrogen) atoms. The topological polar surface area (TPSA) is 57.2 Å². The molecule has 1 aliphatic heterocycles. The Hall–Kier alpha value is -1.54. The Morgan fingerprint density at radius 1 is 0.882 bits per heavy atom. The number of aliphatic hydroxyl groups excluding tert-OH is 1. The van der Waals surface area contributed by atoms with Gasteiger partial charge in [0.25, 0.3) is 0 Å². The molecule has 2 aromatic rings. The smallest absolute Gasteiger partial charge is 0.192 e. The number of hydrogen-bond acceptors (Lipinski definition) is 5. The minimum Gasteiger partial charge on any atom is -0.411 e. The van der Waals surface area contributed by atoms with E-state index >= 15 is 0 Å². The summed E-state index contributed by atoms with van der Waals surface area (Å²) in [5, 5.41) is 10.2. The van der Waals surface area contributed by atoms with Crippen molar-refractivity contribution in [3.63, 3.8) is 0 Å². The van der Waals surface area contributed by atoms with E-state index in [1.54, 1.807) is 0 Å². The molecule has 0 aromatic heterocycles. The first kappa shape index (κ1) is 27.1. The molecule has 0 bridgehead atoms. The molecule has 1 aliphatic rings. The number of benzene rings is 2. The highest BCUT2D eigenvalue weighted by Gasteiger charge is 2.45. The van der Waals surface area contributed by atoms with Gasteiger partial charge < -0.3 is 23.7 Å². The maximum atomic E-state index is 10.1. The third kappa shape index (κ3) is 7.73. The molecule has 0 radical (unpaired) electrons. The van der Waals surface area contributed by atoms with Gasteiger partial charge in [0.2, 0.25) is 0 Å². The second-order valence-electron chi connectivity index (χ2n) is 10.7. The van der Waals surface area contributed by atoms with Crippen LogP contribution in [0.2, 0.25) is 18.1 Å². The Kier molecular flexibility index (Phi) is 9.89. The van der Waals surface area contributed by atoms with E-state index in [4.69, 9.17) is 18.6 Å². The van der Waals surface area contributed by atoms with Gasteiger partial charge in [0.15, 0.2) is 8.32 Å². The fourth-order valence-electron chi connectivity index (χ4n) is 3.94. The molecular weight excluding hydrogens is 444 g/mol. The predicted molar refractivity (Wildman–Crippen MR) is 138 cm³/mol. The minimum absolute atomic E-state index is 0.0634. The zero-order valence-electron chi connectivity index (χ0n) is 21.4. The van der Waals surface area contributed by atoms with E-state index in [2.05, 4.69) is 58.1 Å². The molecule has 4 atom stereocenters. The van der Waals surface area contributed by atoms with Crippen LogP contribution < -0.4 is 0 Å². The van der Waals surface area contributed by atoms with Crippen molar-refractivity contribution in [3.05, 3.63) is 71.8 Å². The number of aliphatic hydroxyl groups is 1. The van der Waals surface area contributed by atoms with Crippen molar-refractivity contribution in [1.82, 2.24) is 0 Å². The van der Waals surface area contributed by atoms with E-state index in [1.165, 1.54) is 0 Å². The second kappa shape index (κ2) is 12.4. The minimum atomic E-state index is -2.03. The monoisotopic (exact) mass is 486 g/mol. The molecule has 1 saturated heterocycles. The maximum absolute atomic E-state index is 10.1. The van der Waals surface area contributed by atoms with E-state index in [0.29, 0.717) is 32.7 Å². The molecule has 0 saturated carbocycles. The van der Waals surface area contributed by atoms with Gasteiger partial charge >= 0.3 is 0 Å². The van der Waals surface area contributed by atoms with E-state index in [9.17, 15) is 5.11 Å². The van der Waals surface area contributed by atoms with Crippen LogP contribution in [0, 0.1) is 0 Å². The predicted octanol–water partition coefficient (Wildman–Crippen LogP) is 5.72. The summed E-state index contributed by atoms with van der Waals surface area (Å²) >= 11 is 0. The summed E-state index contributed by atoms with van der Waals surface area (Å²) in [7, 11) is -2.03. The molecule has 5 nitrogen and oxygen atoms in total. The zero-order chi connectivity index (χ0) is 24.6. The van der Waals surface area contributed by atoms with Crippen molar-refractivity contribution >= 4 is 8.32 Å². The molecule has 1 N–H and O–H groups in total. The molecule has 0 unspecified atom stereocenters. The van der Waals surface area contributed by atoms with Gasteiger partial charge in [0.05, 0.1) is 38.1 Å². The van der Waals surface area contributed by atoms with Gasteiger partial charge in [-0.1, -0.05) is 81.4 Å². The summed E-state index contributed by atoms with van der Waals surface area (Å²) < 4.78 is 25.4. The van der Waals surface area contributed by atoms with E-state index in [0.717, 1.165) is 11.1 Å². The molecule has 0 amide bonds. The Balaban J connectivity index is 1.65. The van der Waals surface area contributed by atoms with Gasteiger partial charge in [-0.15, -0.1) is 0 Å². The molecule has 2 aromatic carbocycles. The van der Waals surface area contributed by atoms with Gasteiger partial charge in [-0.25, -0.2) is 0 Å². The van der Waals surface area contributed by atoms with Crippen molar-refractivity contribution in [2.24, 2.45) is 0 Å². The zero-order valence-corrected chi connectivity index (χ0v) is 22.4. The summed E-state index contributed by atoms with van der Waals surface area (Å²) in [4.78, 5) is 0. The number of ether oxygens (including phenoxy) is 3. The summed E-state index contributed by atoms with van der Waals surface area (Å²) in [6.07, 6.45) is 0.579. The van der Waals surface area contributed by atoms with E-state index in [1.807, 2.05) is 36.4 Å². The maximum Gasteiger partial charge on any atom is 0.192 e. The first-order valence-electron chi connectivity index (χ1n) is 12.4. The van der Waals surface area contributed by atoms with Crippen LogP contribution in [0.5, 0.6) is 0 Å². The Morgan fingerprint density at radius 3 is 2.03 bits per heavy atom.